The lowest BCUT2D eigenvalue weighted by Gasteiger charge is -2.38. The van der Waals surface area contributed by atoms with E-state index in [1.165, 1.54) is 0 Å². The highest BCUT2D eigenvalue weighted by Crippen LogP contribution is 2.38. The number of rotatable bonds is 3. The zero-order valence-corrected chi connectivity index (χ0v) is 9.88. The molecule has 0 aliphatic heterocycles. The van der Waals surface area contributed by atoms with Crippen molar-refractivity contribution in [1.29, 1.82) is 0 Å². The van der Waals surface area contributed by atoms with Gasteiger partial charge in [-0.1, -0.05) is 38.2 Å². The Hall–Kier alpha value is -0.560. The van der Waals surface area contributed by atoms with Crippen LogP contribution >= 0.6 is 0 Å². The second-order valence-electron chi connectivity index (χ2n) is 5.81. The first-order valence-corrected chi connectivity index (χ1v) is 5.43. The van der Waals surface area contributed by atoms with Gasteiger partial charge in [-0.05, 0) is 38.0 Å². The van der Waals surface area contributed by atoms with Gasteiger partial charge in [0.05, 0.1) is 0 Å². The number of allylic oxidation sites excluding steroid dienone is 4. The molecule has 1 rings (SSSR count). The highest BCUT2D eigenvalue weighted by atomic mass is 14.7. The van der Waals surface area contributed by atoms with Crippen molar-refractivity contribution >= 4 is 0 Å². The van der Waals surface area contributed by atoms with Gasteiger partial charge in [0.25, 0.3) is 0 Å². The van der Waals surface area contributed by atoms with Gasteiger partial charge in [-0.3, -0.25) is 0 Å². The van der Waals surface area contributed by atoms with Crippen LogP contribution in [0, 0.1) is 11.3 Å². The Morgan fingerprint density at radius 2 is 1.86 bits per heavy atom. The lowest BCUT2D eigenvalue weighted by atomic mass is 9.69. The Morgan fingerprint density at radius 1 is 1.21 bits per heavy atom. The predicted molar refractivity (Wildman–Crippen MR) is 63.1 cm³/mol. The Kier molecular flexibility index (Phi) is 3.20. The van der Waals surface area contributed by atoms with Crippen molar-refractivity contribution in [1.82, 2.24) is 0 Å². The molecule has 0 fully saturated rings. The molecule has 2 N–H and O–H groups in total. The normalized spacial score (nSPS) is 22.8. The molecule has 1 aliphatic carbocycles. The lowest BCUT2D eigenvalue weighted by molar-refractivity contribution is 0.190. The highest BCUT2D eigenvalue weighted by molar-refractivity contribution is 5.13. The van der Waals surface area contributed by atoms with Gasteiger partial charge in [0.2, 0.25) is 0 Å². The molecule has 14 heavy (non-hydrogen) atoms. The van der Waals surface area contributed by atoms with Crippen LogP contribution in [-0.4, -0.2) is 5.54 Å². The maximum atomic E-state index is 6.09. The quantitative estimate of drug-likeness (QED) is 0.731. The summed E-state index contributed by atoms with van der Waals surface area (Å²) in [6.07, 6.45) is 11.0. The first kappa shape index (κ1) is 11.5. The first-order chi connectivity index (χ1) is 6.31. The fourth-order valence-corrected chi connectivity index (χ4v) is 2.47. The molecule has 1 unspecified atom stereocenters. The fraction of sp³-hybridized carbons (Fsp3) is 0.692. The van der Waals surface area contributed by atoms with Crippen molar-refractivity contribution in [3.63, 3.8) is 0 Å². The minimum Gasteiger partial charge on any atom is -0.326 e. The monoisotopic (exact) mass is 193 g/mol. The van der Waals surface area contributed by atoms with Gasteiger partial charge in [0, 0.05) is 5.54 Å². The molecule has 0 aromatic rings. The molecule has 1 heteroatoms. The summed E-state index contributed by atoms with van der Waals surface area (Å²) in [7, 11) is 0. The summed E-state index contributed by atoms with van der Waals surface area (Å²) in [4.78, 5) is 0. The van der Waals surface area contributed by atoms with Crippen LogP contribution in [0.2, 0.25) is 0 Å². The Morgan fingerprint density at radius 3 is 2.29 bits per heavy atom. The highest BCUT2D eigenvalue weighted by Gasteiger charge is 2.31. The summed E-state index contributed by atoms with van der Waals surface area (Å²) in [6.45, 7) is 8.85. The molecule has 1 nitrogen and oxygen atoms in total. The number of nitrogens with two attached hydrogens (primary N) is 1. The molecule has 0 amide bonds. The number of hydrogen-bond acceptors (Lipinski definition) is 1. The SMILES string of the molecule is CC(C)(N)CC(C)(C)C1C=CC=CC1. The maximum Gasteiger partial charge on any atom is 0.0102 e. The molecule has 0 radical (unpaired) electrons. The van der Waals surface area contributed by atoms with Crippen molar-refractivity contribution in [2.24, 2.45) is 17.1 Å². The van der Waals surface area contributed by atoms with Crippen LogP contribution in [0.25, 0.3) is 0 Å². The van der Waals surface area contributed by atoms with Crippen LogP contribution in [0.4, 0.5) is 0 Å². The van der Waals surface area contributed by atoms with Crippen LogP contribution in [-0.2, 0) is 0 Å². The summed E-state index contributed by atoms with van der Waals surface area (Å²) in [6, 6.07) is 0. The molecule has 0 bridgehead atoms. The molecule has 1 aliphatic rings. The van der Waals surface area contributed by atoms with Gasteiger partial charge in [0.1, 0.15) is 0 Å². The van der Waals surface area contributed by atoms with Crippen LogP contribution in [0.5, 0.6) is 0 Å². The van der Waals surface area contributed by atoms with Gasteiger partial charge in [0.15, 0.2) is 0 Å². The maximum absolute atomic E-state index is 6.09. The summed E-state index contributed by atoms with van der Waals surface area (Å²) in [5.74, 6) is 0.635. The van der Waals surface area contributed by atoms with E-state index in [4.69, 9.17) is 5.73 Å². The molecule has 80 valence electrons. The Bertz CT molecular complexity index is 240. The topological polar surface area (TPSA) is 26.0 Å². The molecule has 0 saturated carbocycles. The second kappa shape index (κ2) is 3.90. The van der Waals surface area contributed by atoms with E-state index in [0.29, 0.717) is 11.3 Å². The fourth-order valence-electron chi connectivity index (χ4n) is 2.47. The smallest absolute Gasteiger partial charge is 0.0102 e. The van der Waals surface area contributed by atoms with Crippen LogP contribution in [0.15, 0.2) is 24.3 Å². The summed E-state index contributed by atoms with van der Waals surface area (Å²) in [5.41, 5.74) is 6.31. The first-order valence-electron chi connectivity index (χ1n) is 5.43. The molecule has 0 heterocycles. The summed E-state index contributed by atoms with van der Waals surface area (Å²) < 4.78 is 0. The molecular formula is C13H23N. The van der Waals surface area contributed by atoms with E-state index in [0.717, 1.165) is 12.8 Å². The Balaban J connectivity index is 2.65. The van der Waals surface area contributed by atoms with Crippen LogP contribution in [0.1, 0.15) is 40.5 Å². The Labute approximate surface area is 88.1 Å². The van der Waals surface area contributed by atoms with Crippen molar-refractivity contribution in [2.45, 2.75) is 46.1 Å². The van der Waals surface area contributed by atoms with Gasteiger partial charge in [-0.25, -0.2) is 0 Å². The third-order valence-electron chi connectivity index (χ3n) is 2.90. The van der Waals surface area contributed by atoms with E-state index in [2.05, 4.69) is 52.0 Å². The van der Waals surface area contributed by atoms with Crippen molar-refractivity contribution in [2.75, 3.05) is 0 Å². The molecular weight excluding hydrogens is 170 g/mol. The molecule has 1 atom stereocenters. The standard InChI is InChI=1S/C13H23N/c1-12(2,10-13(3,4)14)11-8-6-5-7-9-11/h5-8,11H,9-10,14H2,1-4H3. The molecule has 0 saturated heterocycles. The third kappa shape index (κ3) is 3.30. The minimum atomic E-state index is -0.0709. The zero-order valence-electron chi connectivity index (χ0n) is 9.88. The van der Waals surface area contributed by atoms with Crippen LogP contribution in [0.3, 0.4) is 0 Å². The average molecular weight is 193 g/mol. The molecule has 0 aromatic heterocycles. The van der Waals surface area contributed by atoms with Crippen molar-refractivity contribution in [3.8, 4) is 0 Å². The van der Waals surface area contributed by atoms with Crippen molar-refractivity contribution in [3.05, 3.63) is 24.3 Å². The number of hydrogen-bond donors (Lipinski definition) is 1. The van der Waals surface area contributed by atoms with Gasteiger partial charge < -0.3 is 5.73 Å². The van der Waals surface area contributed by atoms with Crippen molar-refractivity contribution < 1.29 is 0 Å². The van der Waals surface area contributed by atoms with E-state index >= 15 is 0 Å². The minimum absolute atomic E-state index is 0.0709. The van der Waals surface area contributed by atoms with Gasteiger partial charge in [-0.2, -0.15) is 0 Å². The molecule has 0 spiro atoms. The van der Waals surface area contributed by atoms with Gasteiger partial charge >= 0.3 is 0 Å². The second-order valence-corrected chi connectivity index (χ2v) is 5.81. The lowest BCUT2D eigenvalue weighted by Crippen LogP contribution is -2.40. The van der Waals surface area contributed by atoms with E-state index in [1.54, 1.807) is 0 Å². The van der Waals surface area contributed by atoms with E-state index in [1.807, 2.05) is 0 Å². The van der Waals surface area contributed by atoms with E-state index in [9.17, 15) is 0 Å². The van der Waals surface area contributed by atoms with Crippen LogP contribution < -0.4 is 5.73 Å². The molecule has 0 aromatic carbocycles. The van der Waals surface area contributed by atoms with E-state index < -0.39 is 0 Å². The summed E-state index contributed by atoms with van der Waals surface area (Å²) in [5, 5.41) is 0. The summed E-state index contributed by atoms with van der Waals surface area (Å²) >= 11 is 0. The van der Waals surface area contributed by atoms with Gasteiger partial charge in [-0.15, -0.1) is 0 Å². The zero-order chi connectivity index (χ0) is 10.8. The third-order valence-corrected chi connectivity index (χ3v) is 2.90. The van der Waals surface area contributed by atoms with E-state index in [-0.39, 0.29) is 5.54 Å². The predicted octanol–water partition coefficient (Wildman–Crippen LogP) is 3.27. The average Bonchev–Trinajstić information content (AvgIpc) is 2.01. The largest absolute Gasteiger partial charge is 0.326 e.